The Morgan fingerprint density at radius 1 is 0.561 bits per heavy atom. The highest BCUT2D eigenvalue weighted by molar-refractivity contribution is 7.00. The van der Waals surface area contributed by atoms with Crippen molar-refractivity contribution in [3.63, 3.8) is 0 Å². The summed E-state index contributed by atoms with van der Waals surface area (Å²) in [5, 5.41) is -0.0321. The van der Waals surface area contributed by atoms with E-state index in [0.717, 1.165) is 0 Å². The van der Waals surface area contributed by atoms with E-state index in [-0.39, 0.29) is 85.4 Å². The quantitative estimate of drug-likeness (QED) is 0.163. The van der Waals surface area contributed by atoms with Gasteiger partial charge in [0.2, 0.25) is 0 Å². The highest BCUT2D eigenvalue weighted by Crippen LogP contribution is 2.49. The summed E-state index contributed by atoms with van der Waals surface area (Å²) in [6, 6.07) is 12.4. The fraction of sp³-hybridized carbons (Fsp3) is 0.154. The van der Waals surface area contributed by atoms with Crippen LogP contribution in [0, 0.1) is 0 Å². The van der Waals surface area contributed by atoms with Crippen molar-refractivity contribution in [2.45, 2.75) is 52.4 Å². The Morgan fingerprint density at radius 2 is 1.12 bits per heavy atom. The van der Waals surface area contributed by atoms with Crippen molar-refractivity contribution < 1.29 is 26.3 Å². The zero-order valence-corrected chi connectivity index (χ0v) is 32.3. The Balaban J connectivity index is 1.49. The molecule has 2 aliphatic rings. The summed E-state index contributed by atoms with van der Waals surface area (Å²) >= 11 is 0. The number of rotatable bonds is 5. The molecule has 10 rings (SSSR count). The van der Waals surface area contributed by atoms with E-state index in [1.54, 1.807) is 98.5 Å². The smallest absolute Gasteiger partial charge is 0.297 e. The van der Waals surface area contributed by atoms with E-state index in [1.807, 2.05) is 20.8 Å². The molecule has 0 amide bonds. The second kappa shape index (κ2) is 13.1. The van der Waals surface area contributed by atoms with Gasteiger partial charge in [0.1, 0.15) is 5.58 Å². The summed E-state index contributed by atoms with van der Waals surface area (Å²) in [4.78, 5) is 4.38. The molecule has 0 saturated heterocycles. The summed E-state index contributed by atoms with van der Waals surface area (Å²) < 4.78 is 157. The third-order valence-electron chi connectivity index (χ3n) is 10.5. The van der Waals surface area contributed by atoms with Crippen LogP contribution in [0.4, 0.5) is 51.2 Å². The first-order chi connectivity index (χ1) is 34.2. The van der Waals surface area contributed by atoms with Crippen LogP contribution < -0.4 is 31.3 Å². The van der Waals surface area contributed by atoms with Crippen LogP contribution in [0.15, 0.2) is 174 Å². The highest BCUT2D eigenvalue weighted by Gasteiger charge is 2.47. The Morgan fingerprint density at radius 3 is 1.70 bits per heavy atom. The molecule has 0 radical (unpaired) electrons. The molecule has 1 aromatic heterocycles. The number of nitrogens with zero attached hydrogens (tertiary/aromatic N) is 3. The zero-order valence-electron chi connectivity index (χ0n) is 48.3. The van der Waals surface area contributed by atoms with Gasteiger partial charge in [-0.05, 0) is 118 Å². The molecule has 0 aliphatic carbocycles. The van der Waals surface area contributed by atoms with E-state index in [2.05, 4.69) is 0 Å². The van der Waals surface area contributed by atoms with Crippen molar-refractivity contribution in [3.05, 3.63) is 181 Å². The molecule has 0 N–H and O–H groups in total. The third-order valence-corrected chi connectivity index (χ3v) is 10.5. The first-order valence-corrected chi connectivity index (χ1v) is 18.8. The van der Waals surface area contributed by atoms with Gasteiger partial charge in [-0.3, -0.25) is 0 Å². The minimum Gasteiger partial charge on any atom is -0.468 e. The summed E-state index contributed by atoms with van der Waals surface area (Å²) in [5.74, 6) is 0. The van der Waals surface area contributed by atoms with Gasteiger partial charge in [0, 0.05) is 50.9 Å². The number of para-hydroxylation sites is 4. The molecule has 0 bridgehead atoms. The number of hydrogen-bond acceptors (Lipinski definition) is 4. The van der Waals surface area contributed by atoms with Crippen LogP contribution in [-0.4, -0.2) is 6.71 Å². The lowest BCUT2D eigenvalue weighted by Crippen LogP contribution is -2.61. The maximum atomic E-state index is 10.5. The van der Waals surface area contributed by atoms with Crippen LogP contribution in [-0.2, 0) is 10.8 Å². The zero-order chi connectivity index (χ0) is 53.0. The van der Waals surface area contributed by atoms with E-state index < -0.39 is 102 Å². The van der Waals surface area contributed by atoms with Gasteiger partial charge < -0.3 is 19.1 Å². The second-order valence-corrected chi connectivity index (χ2v) is 16.2. The molecule has 3 heterocycles. The van der Waals surface area contributed by atoms with Crippen LogP contribution >= 0.6 is 0 Å². The van der Waals surface area contributed by atoms with Crippen LogP contribution in [0.3, 0.4) is 0 Å². The van der Waals surface area contributed by atoms with E-state index in [1.165, 1.54) is 9.80 Å². The second-order valence-electron chi connectivity index (χ2n) is 16.2. The van der Waals surface area contributed by atoms with Crippen molar-refractivity contribution in [1.29, 1.82) is 0 Å². The molecule has 278 valence electrons. The predicted molar refractivity (Wildman–Crippen MR) is 242 cm³/mol. The molecule has 7 aromatic carbocycles. The molecular formula is C52H46BN3O. The molecule has 4 nitrogen and oxygen atoms in total. The Kier molecular flexibility index (Phi) is 4.98. The van der Waals surface area contributed by atoms with Gasteiger partial charge in [0.25, 0.3) is 6.71 Å². The molecule has 8 aromatic rings. The van der Waals surface area contributed by atoms with Crippen molar-refractivity contribution in [2.24, 2.45) is 0 Å². The summed E-state index contributed by atoms with van der Waals surface area (Å²) in [5.41, 5.74) is -1.07. The van der Waals surface area contributed by atoms with E-state index in [0.29, 0.717) is 16.9 Å². The maximum absolute atomic E-state index is 10.5. The van der Waals surface area contributed by atoms with Crippen molar-refractivity contribution in [2.75, 3.05) is 14.7 Å². The van der Waals surface area contributed by atoms with Gasteiger partial charge >= 0.3 is 0 Å². The summed E-state index contributed by atoms with van der Waals surface area (Å²) in [6.07, 6.45) is 0. The molecule has 5 heteroatoms. The van der Waals surface area contributed by atoms with Gasteiger partial charge in [-0.25, -0.2) is 0 Å². The van der Waals surface area contributed by atoms with Gasteiger partial charge in [-0.15, -0.1) is 0 Å². The number of anilines is 9. The molecule has 57 heavy (non-hydrogen) atoms. The molecule has 0 atom stereocenters. The van der Waals surface area contributed by atoms with Crippen LogP contribution in [0.25, 0.3) is 11.0 Å². The molecule has 0 saturated carbocycles. The Labute approximate surface area is 359 Å². The largest absolute Gasteiger partial charge is 0.468 e. The van der Waals surface area contributed by atoms with Crippen molar-refractivity contribution >= 4 is 85.5 Å². The summed E-state index contributed by atoms with van der Waals surface area (Å²) in [7, 11) is 0. The number of hydrogen-bond donors (Lipinski definition) is 0. The minimum absolute atomic E-state index is 0.0321. The topological polar surface area (TPSA) is 22.9 Å². The van der Waals surface area contributed by atoms with Crippen LogP contribution in [0.1, 0.15) is 74.6 Å². The van der Waals surface area contributed by atoms with Crippen molar-refractivity contribution in [3.8, 4) is 0 Å². The molecular weight excluding hydrogens is 693 g/mol. The van der Waals surface area contributed by atoms with Gasteiger partial charge in [-0.2, -0.15) is 0 Å². The first-order valence-electron chi connectivity index (χ1n) is 26.8. The third kappa shape index (κ3) is 5.75. The van der Waals surface area contributed by atoms with Crippen LogP contribution in [0.2, 0.25) is 0 Å². The predicted octanol–water partition coefficient (Wildman–Crippen LogP) is 12.6. The van der Waals surface area contributed by atoms with E-state index >= 15 is 0 Å². The Bertz CT molecular complexity index is 3610. The Hall–Kier alpha value is -6.46. The summed E-state index contributed by atoms with van der Waals surface area (Å²) in [6.45, 7) is 9.70. The maximum Gasteiger partial charge on any atom is 0.297 e. The number of furan rings is 1. The van der Waals surface area contributed by atoms with E-state index in [4.69, 9.17) is 12.6 Å². The monoisotopic (exact) mass is 755 g/mol. The highest BCUT2D eigenvalue weighted by atomic mass is 16.3. The number of benzene rings is 7. The lowest BCUT2D eigenvalue weighted by molar-refractivity contribution is 0.590. The van der Waals surface area contributed by atoms with Crippen molar-refractivity contribution in [1.82, 2.24) is 0 Å². The standard InChI is InChI=1S/C52H46BN3O/c1-51(2,3)35-27-30-47-42(31-35)49-50(57-47)53-43-29-28-41(54(37-19-11-7-12-20-37)38-21-13-8-14-22-38)34-44(43)55(39-23-15-9-16-24-39)45-32-36(52(4,5)6)33-46(48(45)53)56(49)40-25-17-10-18-26-40/h7-34H,1-6H3/i9D,10D,15D,16D,17D,18D,23D,24D,25D,26D,27D,28D,29D,30D,31D,34D. The minimum atomic E-state index is -1.37. The average molecular weight is 756 g/mol. The lowest BCUT2D eigenvalue weighted by atomic mass is 9.35. The lowest BCUT2D eigenvalue weighted by Gasteiger charge is -2.43. The molecule has 0 unspecified atom stereocenters. The number of fused-ring (bicyclic) bond motifs is 6. The molecule has 0 fully saturated rings. The van der Waals surface area contributed by atoms with Crippen LogP contribution in [0.5, 0.6) is 0 Å². The first kappa shape index (κ1) is 21.7. The average Bonchev–Trinajstić information content (AvgIpc) is 3.75. The molecule has 2 aliphatic heterocycles. The fourth-order valence-electron chi connectivity index (χ4n) is 7.71. The SMILES string of the molecule is [2H]c1c([2H])c([2H])c(N2c3cc(C(C)(C)C)cc4c3B(c3oc5c([2H])c([2H])c(C(C)(C)C)c([2H])c5c3N4c3c([2H])c([2H])c([2H])c([2H])c3[2H])c3c([2H])c([2H])c(N(c4ccccc4)c4ccccc4)c([2H])c32)c([2H])c1[2H]. The van der Waals surface area contributed by atoms with Gasteiger partial charge in [0.05, 0.1) is 33.3 Å². The molecule has 0 spiro atoms. The van der Waals surface area contributed by atoms with Gasteiger partial charge in [-0.1, -0.05) is 126 Å². The normalized spacial score (nSPS) is 17.3. The van der Waals surface area contributed by atoms with E-state index in [9.17, 15) is 13.7 Å². The van der Waals surface area contributed by atoms with Gasteiger partial charge in [0.15, 0.2) is 0 Å². The fourth-order valence-corrected chi connectivity index (χ4v) is 7.71.